The number of rotatable bonds is 0. The number of aryl methyl sites for hydroxylation is 1. The second-order valence-electron chi connectivity index (χ2n) is 2.16. The fraction of sp³-hybridized carbons (Fsp3) is 0.143. The summed E-state index contributed by atoms with van der Waals surface area (Å²) in [6.45, 7) is 1.93. The predicted octanol–water partition coefficient (Wildman–Crippen LogP) is 1.89. The Bertz CT molecular complexity index is 210. The highest BCUT2D eigenvalue weighted by molar-refractivity contribution is 14.1. The zero-order chi connectivity index (χ0) is 7.72. The van der Waals surface area contributed by atoms with Gasteiger partial charge in [-0.05, 0) is 47.2 Å². The Labute approximate surface area is 73.2 Å². The van der Waals surface area contributed by atoms with Crippen molar-refractivity contribution < 1.29 is 5.11 Å². The van der Waals surface area contributed by atoms with Crippen molar-refractivity contribution in [3.05, 3.63) is 21.3 Å². The molecular weight excluding hydrogens is 241 g/mol. The van der Waals surface area contributed by atoms with Gasteiger partial charge >= 0.3 is 0 Å². The minimum absolute atomic E-state index is 0.165. The minimum Gasteiger partial charge on any atom is -0.506 e. The lowest BCUT2D eigenvalue weighted by atomic mass is 10.2. The summed E-state index contributed by atoms with van der Waals surface area (Å²) in [6.07, 6.45) is 0. The van der Waals surface area contributed by atoms with Gasteiger partial charge in [0.25, 0.3) is 0 Å². The van der Waals surface area contributed by atoms with E-state index in [-0.39, 0.29) is 5.75 Å². The molecule has 0 aromatic heterocycles. The van der Waals surface area contributed by atoms with E-state index in [1.807, 2.05) is 6.92 Å². The Morgan fingerprint density at radius 3 is 2.60 bits per heavy atom. The molecule has 0 amide bonds. The topological polar surface area (TPSA) is 46.2 Å². The molecule has 0 saturated carbocycles. The number of halogens is 1. The average Bonchev–Trinajstić information content (AvgIpc) is 1.84. The van der Waals surface area contributed by atoms with Gasteiger partial charge in [-0.25, -0.2) is 0 Å². The number of hydrogen-bond donors (Lipinski definition) is 2. The summed E-state index contributed by atoms with van der Waals surface area (Å²) in [5, 5.41) is 9.10. The van der Waals surface area contributed by atoms with E-state index in [1.54, 1.807) is 12.1 Å². The van der Waals surface area contributed by atoms with Gasteiger partial charge in [-0.1, -0.05) is 0 Å². The van der Waals surface area contributed by atoms with Gasteiger partial charge in [-0.3, -0.25) is 0 Å². The van der Waals surface area contributed by atoms with Gasteiger partial charge in [0, 0.05) is 3.57 Å². The Morgan fingerprint density at radius 2 is 2.10 bits per heavy atom. The molecule has 2 nitrogen and oxygen atoms in total. The molecule has 0 saturated heterocycles. The van der Waals surface area contributed by atoms with E-state index in [4.69, 9.17) is 10.8 Å². The molecule has 1 aromatic carbocycles. The molecule has 3 heteroatoms. The van der Waals surface area contributed by atoms with Gasteiger partial charge in [0.2, 0.25) is 0 Å². The van der Waals surface area contributed by atoms with Gasteiger partial charge in [-0.2, -0.15) is 0 Å². The van der Waals surface area contributed by atoms with Crippen LogP contribution in [0.5, 0.6) is 5.75 Å². The Balaban J connectivity index is 3.28. The third-order valence-corrected chi connectivity index (χ3v) is 2.47. The van der Waals surface area contributed by atoms with Crippen molar-refractivity contribution in [2.45, 2.75) is 6.92 Å². The molecule has 0 spiro atoms. The SMILES string of the molecule is Cc1cc(O)c(N)cc1I. The standard InChI is InChI=1S/C7H8INO/c1-4-2-7(10)6(9)3-5(4)8/h2-3,10H,9H2,1H3. The van der Waals surface area contributed by atoms with Crippen LogP contribution in [0.1, 0.15) is 5.56 Å². The molecule has 0 aliphatic rings. The zero-order valence-electron chi connectivity index (χ0n) is 5.56. The normalized spacial score (nSPS) is 9.80. The molecule has 1 aromatic rings. The second-order valence-corrected chi connectivity index (χ2v) is 3.32. The fourth-order valence-corrected chi connectivity index (χ4v) is 1.17. The molecular formula is C7H8INO. The van der Waals surface area contributed by atoms with Crippen LogP contribution in [-0.2, 0) is 0 Å². The summed E-state index contributed by atoms with van der Waals surface area (Å²) >= 11 is 2.18. The average molecular weight is 249 g/mol. The first-order valence-electron chi connectivity index (χ1n) is 2.86. The van der Waals surface area contributed by atoms with Crippen LogP contribution in [0, 0.1) is 10.5 Å². The number of hydrogen-bond acceptors (Lipinski definition) is 2. The molecule has 0 bridgehead atoms. The molecule has 0 radical (unpaired) electrons. The monoisotopic (exact) mass is 249 g/mol. The highest BCUT2D eigenvalue weighted by atomic mass is 127. The minimum atomic E-state index is 0.165. The molecule has 0 aliphatic heterocycles. The van der Waals surface area contributed by atoms with Crippen molar-refractivity contribution >= 4 is 28.3 Å². The van der Waals surface area contributed by atoms with E-state index < -0.39 is 0 Å². The maximum atomic E-state index is 9.10. The third kappa shape index (κ3) is 1.34. The summed E-state index contributed by atoms with van der Waals surface area (Å²) in [4.78, 5) is 0. The van der Waals surface area contributed by atoms with Crippen LogP contribution >= 0.6 is 22.6 Å². The maximum Gasteiger partial charge on any atom is 0.138 e. The first kappa shape index (κ1) is 7.65. The quantitative estimate of drug-likeness (QED) is 0.419. The summed E-state index contributed by atoms with van der Waals surface area (Å²) in [7, 11) is 0. The molecule has 1 rings (SSSR count). The molecule has 0 atom stereocenters. The molecule has 0 unspecified atom stereocenters. The van der Waals surface area contributed by atoms with Crippen molar-refractivity contribution in [2.75, 3.05) is 5.73 Å². The predicted molar refractivity (Wildman–Crippen MR) is 50.0 cm³/mol. The molecule has 0 fully saturated rings. The maximum absolute atomic E-state index is 9.10. The van der Waals surface area contributed by atoms with E-state index >= 15 is 0 Å². The van der Waals surface area contributed by atoms with Crippen LogP contribution in [-0.4, -0.2) is 5.11 Å². The largest absolute Gasteiger partial charge is 0.506 e. The van der Waals surface area contributed by atoms with E-state index in [0.717, 1.165) is 9.13 Å². The number of nitrogens with two attached hydrogens (primary N) is 1. The number of nitrogen functional groups attached to an aromatic ring is 1. The molecule has 0 heterocycles. The van der Waals surface area contributed by atoms with Gasteiger partial charge in [0.05, 0.1) is 5.69 Å². The number of phenols is 1. The zero-order valence-corrected chi connectivity index (χ0v) is 7.71. The Morgan fingerprint density at radius 1 is 1.50 bits per heavy atom. The molecule has 54 valence electrons. The van der Waals surface area contributed by atoms with Crippen LogP contribution in [0.3, 0.4) is 0 Å². The summed E-state index contributed by atoms with van der Waals surface area (Å²) in [6, 6.07) is 3.42. The van der Waals surface area contributed by atoms with Crippen LogP contribution < -0.4 is 5.73 Å². The summed E-state index contributed by atoms with van der Waals surface area (Å²) < 4.78 is 1.08. The van der Waals surface area contributed by atoms with E-state index in [2.05, 4.69) is 22.6 Å². The van der Waals surface area contributed by atoms with Gasteiger partial charge in [0.1, 0.15) is 5.75 Å². The Kier molecular flexibility index (Phi) is 2.03. The molecule has 10 heavy (non-hydrogen) atoms. The summed E-state index contributed by atoms with van der Waals surface area (Å²) in [5.74, 6) is 0.165. The van der Waals surface area contributed by atoms with Crippen molar-refractivity contribution in [3.63, 3.8) is 0 Å². The first-order valence-corrected chi connectivity index (χ1v) is 3.93. The van der Waals surface area contributed by atoms with Crippen LogP contribution in [0.25, 0.3) is 0 Å². The highest BCUT2D eigenvalue weighted by Crippen LogP contribution is 2.24. The fourth-order valence-electron chi connectivity index (χ4n) is 0.682. The lowest BCUT2D eigenvalue weighted by molar-refractivity contribution is 0.477. The van der Waals surface area contributed by atoms with Crippen molar-refractivity contribution in [3.8, 4) is 5.75 Å². The number of phenolic OH excluding ortho intramolecular Hbond substituents is 1. The van der Waals surface area contributed by atoms with Crippen molar-refractivity contribution in [2.24, 2.45) is 0 Å². The van der Waals surface area contributed by atoms with Crippen LogP contribution in [0.4, 0.5) is 5.69 Å². The lowest BCUT2D eigenvalue weighted by Gasteiger charge is -2.01. The van der Waals surface area contributed by atoms with Crippen molar-refractivity contribution in [1.29, 1.82) is 0 Å². The number of benzene rings is 1. The van der Waals surface area contributed by atoms with Gasteiger partial charge in [-0.15, -0.1) is 0 Å². The molecule has 0 aliphatic carbocycles. The van der Waals surface area contributed by atoms with Crippen LogP contribution in [0.2, 0.25) is 0 Å². The number of aromatic hydroxyl groups is 1. The van der Waals surface area contributed by atoms with Crippen molar-refractivity contribution in [1.82, 2.24) is 0 Å². The first-order chi connectivity index (χ1) is 4.61. The number of anilines is 1. The van der Waals surface area contributed by atoms with E-state index in [9.17, 15) is 0 Å². The smallest absolute Gasteiger partial charge is 0.138 e. The second kappa shape index (κ2) is 2.65. The van der Waals surface area contributed by atoms with Gasteiger partial charge in [0.15, 0.2) is 0 Å². The molecule has 3 N–H and O–H groups in total. The highest BCUT2D eigenvalue weighted by Gasteiger charge is 1.99. The third-order valence-electron chi connectivity index (χ3n) is 1.31. The van der Waals surface area contributed by atoms with E-state index in [1.165, 1.54) is 0 Å². The lowest BCUT2D eigenvalue weighted by Crippen LogP contribution is -1.88. The van der Waals surface area contributed by atoms with E-state index in [0.29, 0.717) is 5.69 Å². The Hall–Kier alpha value is -0.450. The van der Waals surface area contributed by atoms with Crippen LogP contribution in [0.15, 0.2) is 12.1 Å². The summed E-state index contributed by atoms with van der Waals surface area (Å²) in [5.41, 5.74) is 6.92. The van der Waals surface area contributed by atoms with Gasteiger partial charge < -0.3 is 10.8 Å².